The summed E-state index contributed by atoms with van der Waals surface area (Å²) >= 11 is 0. The maximum atomic E-state index is 12.9. The largest absolute Gasteiger partial charge is 0.314 e. The van der Waals surface area contributed by atoms with E-state index in [4.69, 9.17) is 0 Å². The molecule has 1 N–H and O–H groups in total. The zero-order chi connectivity index (χ0) is 13.7. The molecule has 1 aliphatic rings. The van der Waals surface area contributed by atoms with Crippen molar-refractivity contribution in [3.8, 4) is 0 Å². The summed E-state index contributed by atoms with van der Waals surface area (Å²) in [7, 11) is 0. The van der Waals surface area contributed by atoms with Crippen molar-refractivity contribution in [2.75, 3.05) is 32.9 Å². The molecule has 1 aliphatic heterocycles. The number of halogens is 1. The van der Waals surface area contributed by atoms with Crippen molar-refractivity contribution in [2.45, 2.75) is 32.2 Å². The average molecular weight is 264 g/mol. The van der Waals surface area contributed by atoms with Gasteiger partial charge in [-0.05, 0) is 23.5 Å². The molecule has 1 atom stereocenters. The van der Waals surface area contributed by atoms with Crippen LogP contribution < -0.4 is 5.32 Å². The summed E-state index contributed by atoms with van der Waals surface area (Å²) in [6, 6.07) is 8.91. The lowest BCUT2D eigenvalue weighted by molar-refractivity contribution is 0.157. The van der Waals surface area contributed by atoms with Crippen molar-refractivity contribution < 1.29 is 4.39 Å². The predicted molar refractivity (Wildman–Crippen MR) is 78.3 cm³/mol. The molecule has 106 valence electrons. The van der Waals surface area contributed by atoms with Crippen LogP contribution in [0.5, 0.6) is 0 Å². The molecule has 0 unspecified atom stereocenters. The van der Waals surface area contributed by atoms with E-state index in [1.807, 2.05) is 0 Å². The van der Waals surface area contributed by atoms with E-state index in [0.29, 0.717) is 12.3 Å². The third-order valence-electron chi connectivity index (χ3n) is 3.94. The normalized spacial score (nSPS) is 18.7. The van der Waals surface area contributed by atoms with E-state index >= 15 is 0 Å². The van der Waals surface area contributed by atoms with Gasteiger partial charge in [-0.1, -0.05) is 38.1 Å². The molecule has 0 radical (unpaired) electrons. The highest BCUT2D eigenvalue weighted by Gasteiger charge is 2.22. The SMILES string of the molecule is CC(C)c1cccc([C@@H](CCF)N2CCNCC2)c1. The fraction of sp³-hybridized carbons (Fsp3) is 0.625. The van der Waals surface area contributed by atoms with Crippen LogP contribution in [0.4, 0.5) is 4.39 Å². The number of rotatable bonds is 5. The van der Waals surface area contributed by atoms with Gasteiger partial charge >= 0.3 is 0 Å². The molecule has 0 aliphatic carbocycles. The van der Waals surface area contributed by atoms with Gasteiger partial charge in [0.05, 0.1) is 6.67 Å². The molecule has 1 aromatic rings. The second-order valence-corrected chi connectivity index (χ2v) is 5.60. The van der Waals surface area contributed by atoms with E-state index in [2.05, 4.69) is 48.3 Å². The Morgan fingerprint density at radius 3 is 2.53 bits per heavy atom. The summed E-state index contributed by atoms with van der Waals surface area (Å²) in [5.74, 6) is 0.522. The molecule has 0 saturated carbocycles. The lowest BCUT2D eigenvalue weighted by atomic mass is 9.95. The van der Waals surface area contributed by atoms with Gasteiger partial charge in [0.15, 0.2) is 0 Å². The van der Waals surface area contributed by atoms with Crippen molar-refractivity contribution in [1.82, 2.24) is 10.2 Å². The molecule has 0 aromatic heterocycles. The van der Waals surface area contributed by atoms with Gasteiger partial charge < -0.3 is 5.32 Å². The standard InChI is InChI=1S/C16H25FN2/c1-13(2)14-4-3-5-15(12-14)16(6-7-17)19-10-8-18-9-11-19/h3-5,12-13,16,18H,6-11H2,1-2H3/t16-/m1/s1. The molecule has 1 heterocycles. The Kier molecular flexibility index (Phi) is 5.34. The first kappa shape index (κ1) is 14.5. The number of piperazine rings is 1. The molecule has 1 saturated heterocycles. The summed E-state index contributed by atoms with van der Waals surface area (Å²) < 4.78 is 12.9. The summed E-state index contributed by atoms with van der Waals surface area (Å²) in [4.78, 5) is 2.41. The Hall–Kier alpha value is -0.930. The Morgan fingerprint density at radius 2 is 1.89 bits per heavy atom. The van der Waals surface area contributed by atoms with Crippen LogP contribution in [-0.2, 0) is 0 Å². The fourth-order valence-corrected chi connectivity index (χ4v) is 2.78. The summed E-state index contributed by atoms with van der Waals surface area (Å²) in [5.41, 5.74) is 2.61. The lowest BCUT2D eigenvalue weighted by Gasteiger charge is -2.35. The first-order chi connectivity index (χ1) is 9.22. The van der Waals surface area contributed by atoms with E-state index in [0.717, 1.165) is 26.2 Å². The quantitative estimate of drug-likeness (QED) is 0.879. The zero-order valence-corrected chi connectivity index (χ0v) is 12.0. The van der Waals surface area contributed by atoms with Crippen LogP contribution in [0.2, 0.25) is 0 Å². The molecule has 0 bridgehead atoms. The van der Waals surface area contributed by atoms with Crippen LogP contribution >= 0.6 is 0 Å². The maximum Gasteiger partial charge on any atom is 0.0912 e. The van der Waals surface area contributed by atoms with Crippen molar-refractivity contribution in [1.29, 1.82) is 0 Å². The highest BCUT2D eigenvalue weighted by atomic mass is 19.1. The van der Waals surface area contributed by atoms with E-state index in [9.17, 15) is 4.39 Å². The van der Waals surface area contributed by atoms with Crippen LogP contribution in [0.3, 0.4) is 0 Å². The molecule has 2 nitrogen and oxygen atoms in total. The van der Waals surface area contributed by atoms with Gasteiger partial charge in [0.25, 0.3) is 0 Å². The van der Waals surface area contributed by atoms with Gasteiger partial charge in [0.2, 0.25) is 0 Å². The van der Waals surface area contributed by atoms with Crippen LogP contribution in [0.1, 0.15) is 43.4 Å². The first-order valence-corrected chi connectivity index (χ1v) is 7.33. The van der Waals surface area contributed by atoms with Crippen LogP contribution in [0.15, 0.2) is 24.3 Å². The van der Waals surface area contributed by atoms with Crippen molar-refractivity contribution in [3.63, 3.8) is 0 Å². The molecule has 19 heavy (non-hydrogen) atoms. The smallest absolute Gasteiger partial charge is 0.0912 e. The molecule has 2 rings (SSSR count). The third kappa shape index (κ3) is 3.77. The second kappa shape index (κ2) is 7.01. The van der Waals surface area contributed by atoms with E-state index in [1.54, 1.807) is 0 Å². The van der Waals surface area contributed by atoms with E-state index < -0.39 is 0 Å². The summed E-state index contributed by atoms with van der Waals surface area (Å²) in [6.07, 6.45) is 0.599. The van der Waals surface area contributed by atoms with Crippen LogP contribution in [0, 0.1) is 0 Å². The predicted octanol–water partition coefficient (Wildman–Crippen LogP) is 3.12. The number of benzene rings is 1. The number of alkyl halides is 1. The Labute approximate surface area is 116 Å². The van der Waals surface area contributed by atoms with Crippen molar-refractivity contribution in [3.05, 3.63) is 35.4 Å². The first-order valence-electron chi connectivity index (χ1n) is 7.33. The maximum absolute atomic E-state index is 12.9. The molecule has 3 heteroatoms. The minimum Gasteiger partial charge on any atom is -0.314 e. The lowest BCUT2D eigenvalue weighted by Crippen LogP contribution is -2.45. The Morgan fingerprint density at radius 1 is 1.21 bits per heavy atom. The second-order valence-electron chi connectivity index (χ2n) is 5.60. The van der Waals surface area contributed by atoms with Crippen molar-refractivity contribution in [2.24, 2.45) is 0 Å². The zero-order valence-electron chi connectivity index (χ0n) is 12.0. The third-order valence-corrected chi connectivity index (χ3v) is 3.94. The topological polar surface area (TPSA) is 15.3 Å². The number of hydrogen-bond donors (Lipinski definition) is 1. The number of hydrogen-bond acceptors (Lipinski definition) is 2. The molecule has 1 aromatic carbocycles. The van der Waals surface area contributed by atoms with Gasteiger partial charge in [0.1, 0.15) is 0 Å². The highest BCUT2D eigenvalue weighted by molar-refractivity contribution is 5.28. The van der Waals surface area contributed by atoms with Gasteiger partial charge in [-0.25, -0.2) is 0 Å². The van der Waals surface area contributed by atoms with Crippen molar-refractivity contribution >= 4 is 0 Å². The average Bonchev–Trinajstić information content (AvgIpc) is 2.46. The molecular formula is C16H25FN2. The van der Waals surface area contributed by atoms with Gasteiger partial charge in [-0.15, -0.1) is 0 Å². The molecule has 0 spiro atoms. The minimum atomic E-state index is -0.250. The monoisotopic (exact) mass is 264 g/mol. The summed E-state index contributed by atoms with van der Waals surface area (Å²) in [6.45, 7) is 8.19. The van der Waals surface area contributed by atoms with E-state index in [-0.39, 0.29) is 12.7 Å². The Balaban J connectivity index is 2.19. The fourth-order valence-electron chi connectivity index (χ4n) is 2.78. The van der Waals surface area contributed by atoms with Crippen LogP contribution in [0.25, 0.3) is 0 Å². The van der Waals surface area contributed by atoms with Gasteiger partial charge in [-0.3, -0.25) is 9.29 Å². The van der Waals surface area contributed by atoms with Gasteiger partial charge in [-0.2, -0.15) is 0 Å². The summed E-state index contributed by atoms with van der Waals surface area (Å²) in [5, 5.41) is 3.36. The minimum absolute atomic E-state index is 0.228. The Bertz CT molecular complexity index is 386. The van der Waals surface area contributed by atoms with E-state index in [1.165, 1.54) is 11.1 Å². The molecule has 1 fully saturated rings. The molecule has 0 amide bonds. The van der Waals surface area contributed by atoms with Gasteiger partial charge in [0, 0.05) is 32.2 Å². The number of nitrogens with one attached hydrogen (secondary N) is 1. The van der Waals surface area contributed by atoms with Crippen LogP contribution in [-0.4, -0.2) is 37.8 Å². The molecular weight excluding hydrogens is 239 g/mol. The number of nitrogens with zero attached hydrogens (tertiary/aromatic N) is 1. The highest BCUT2D eigenvalue weighted by Crippen LogP contribution is 2.27.